The summed E-state index contributed by atoms with van der Waals surface area (Å²) < 4.78 is 19.9. The van der Waals surface area contributed by atoms with Gasteiger partial charge in [-0.2, -0.15) is 0 Å². The Morgan fingerprint density at radius 3 is 1.46 bits per heavy atom. The molecule has 1 aliphatic heterocycles. The van der Waals surface area contributed by atoms with Crippen molar-refractivity contribution in [2.75, 3.05) is 6.61 Å². The Balaban J connectivity index is 1.62. The summed E-state index contributed by atoms with van der Waals surface area (Å²) in [5.41, 5.74) is 2.76. The summed E-state index contributed by atoms with van der Waals surface area (Å²) in [7, 11) is 0. The topological polar surface area (TPSA) is 18.5 Å². The van der Waals surface area contributed by atoms with Gasteiger partial charge in [0.25, 0.3) is 0 Å². The molecule has 3 aromatic carbocycles. The van der Waals surface area contributed by atoms with Crippen molar-refractivity contribution in [3.05, 3.63) is 118 Å². The van der Waals surface area contributed by atoms with Crippen molar-refractivity contribution in [1.29, 1.82) is 0 Å². The summed E-state index contributed by atoms with van der Waals surface area (Å²) in [6.45, 7) is 7.59. The first kappa shape index (κ1) is 29.9. The molecular formula is C36H48O2Sn. The molecule has 0 saturated carbocycles. The Morgan fingerprint density at radius 1 is 0.667 bits per heavy atom. The van der Waals surface area contributed by atoms with Crippen LogP contribution in [0.2, 0.25) is 13.3 Å². The van der Waals surface area contributed by atoms with Crippen LogP contribution in [0.3, 0.4) is 0 Å². The minimum atomic E-state index is -2.58. The summed E-state index contributed by atoms with van der Waals surface area (Å²) in [4.78, 5) is 0. The first-order valence-electron chi connectivity index (χ1n) is 15.4. The van der Waals surface area contributed by atoms with Gasteiger partial charge in [0, 0.05) is 0 Å². The molecule has 0 fully saturated rings. The Morgan fingerprint density at radius 2 is 1.08 bits per heavy atom. The molecule has 0 unspecified atom stereocenters. The average molecular weight is 631 g/mol. The third kappa shape index (κ3) is 7.19. The summed E-state index contributed by atoms with van der Waals surface area (Å²) in [5, 5.41) is 0. The third-order valence-electron chi connectivity index (χ3n) is 8.44. The summed E-state index contributed by atoms with van der Waals surface area (Å²) in [6, 6.07) is 32.1. The molecule has 0 bridgehead atoms. The van der Waals surface area contributed by atoms with E-state index in [0.29, 0.717) is 6.61 Å². The van der Waals surface area contributed by atoms with E-state index in [0.717, 1.165) is 23.1 Å². The Labute approximate surface area is 241 Å². The van der Waals surface area contributed by atoms with Gasteiger partial charge in [0.2, 0.25) is 0 Å². The second kappa shape index (κ2) is 15.1. The van der Waals surface area contributed by atoms with Crippen LogP contribution < -0.4 is 0 Å². The predicted octanol–water partition coefficient (Wildman–Crippen LogP) is 10.1. The van der Waals surface area contributed by atoms with Crippen LogP contribution >= 0.6 is 0 Å². The fraction of sp³-hybridized carbons (Fsp3) is 0.444. The average Bonchev–Trinajstić information content (AvgIpc) is 3.49. The quantitative estimate of drug-likeness (QED) is 0.116. The number of hydrogen-bond acceptors (Lipinski definition) is 2. The molecule has 0 N–H and O–H groups in total. The molecule has 3 aromatic rings. The van der Waals surface area contributed by atoms with Crippen molar-refractivity contribution in [2.45, 2.75) is 90.7 Å². The zero-order valence-electron chi connectivity index (χ0n) is 24.4. The molecule has 1 heterocycles. The van der Waals surface area contributed by atoms with Crippen LogP contribution in [0.25, 0.3) is 0 Å². The van der Waals surface area contributed by atoms with Gasteiger partial charge in [-0.3, -0.25) is 0 Å². The zero-order valence-corrected chi connectivity index (χ0v) is 27.3. The van der Waals surface area contributed by atoms with Crippen LogP contribution in [0.5, 0.6) is 0 Å². The fourth-order valence-electron chi connectivity index (χ4n) is 6.23. The molecule has 0 aliphatic carbocycles. The second-order valence-electron chi connectivity index (χ2n) is 11.2. The molecule has 0 saturated heterocycles. The van der Waals surface area contributed by atoms with Crippen LogP contribution in [-0.4, -0.2) is 31.1 Å². The van der Waals surface area contributed by atoms with Crippen LogP contribution in [0.4, 0.5) is 0 Å². The zero-order chi connectivity index (χ0) is 27.4. The van der Waals surface area contributed by atoms with Gasteiger partial charge in [0.15, 0.2) is 0 Å². The van der Waals surface area contributed by atoms with Gasteiger partial charge >= 0.3 is 243 Å². The van der Waals surface area contributed by atoms with E-state index in [9.17, 15) is 0 Å². The van der Waals surface area contributed by atoms with E-state index in [2.05, 4.69) is 118 Å². The molecule has 4 rings (SSSR count). The van der Waals surface area contributed by atoms with Crippen molar-refractivity contribution >= 4 is 18.4 Å². The van der Waals surface area contributed by atoms with Crippen LogP contribution in [0.1, 0.15) is 82.4 Å². The molecule has 0 radical (unpaired) electrons. The minimum absolute atomic E-state index is 0.0801. The third-order valence-corrected chi connectivity index (χ3v) is 23.6. The fourth-order valence-corrected chi connectivity index (χ4v) is 22.1. The van der Waals surface area contributed by atoms with Gasteiger partial charge in [0.05, 0.1) is 0 Å². The van der Waals surface area contributed by atoms with Gasteiger partial charge in [-0.1, -0.05) is 0 Å². The second-order valence-corrected chi connectivity index (χ2v) is 24.2. The Kier molecular flexibility index (Phi) is 11.6. The normalized spacial score (nSPS) is 15.7. The molecule has 0 amide bonds. The maximum atomic E-state index is 7.14. The van der Waals surface area contributed by atoms with Gasteiger partial charge < -0.3 is 0 Å². The van der Waals surface area contributed by atoms with E-state index in [1.165, 1.54) is 55.6 Å². The number of rotatable bonds is 16. The first-order valence-corrected chi connectivity index (χ1v) is 22.8. The van der Waals surface area contributed by atoms with Crippen molar-refractivity contribution in [3.8, 4) is 0 Å². The van der Waals surface area contributed by atoms with Gasteiger partial charge in [-0.25, -0.2) is 0 Å². The Hall–Kier alpha value is -2.04. The molecule has 1 aliphatic rings. The molecule has 1 atom stereocenters. The van der Waals surface area contributed by atoms with Crippen molar-refractivity contribution in [2.24, 2.45) is 0 Å². The SMILES string of the molecule is CCC[CH2][Sn]([CH2]CCC)([CH2]CCC)[C]1=CC[C@@H](COC(c2ccccc2)(c2ccccc2)c2ccccc2)O1. The van der Waals surface area contributed by atoms with E-state index in [4.69, 9.17) is 9.47 Å². The maximum absolute atomic E-state index is 7.14. The van der Waals surface area contributed by atoms with Crippen molar-refractivity contribution < 1.29 is 9.47 Å². The summed E-state index contributed by atoms with van der Waals surface area (Å²) in [6.07, 6.45) is 11.4. The number of unbranched alkanes of at least 4 members (excludes halogenated alkanes) is 3. The summed E-state index contributed by atoms with van der Waals surface area (Å²) >= 11 is -2.58. The van der Waals surface area contributed by atoms with Crippen molar-refractivity contribution in [3.63, 3.8) is 0 Å². The van der Waals surface area contributed by atoms with Crippen LogP contribution in [-0.2, 0) is 15.1 Å². The summed E-state index contributed by atoms with van der Waals surface area (Å²) in [5.74, 6) is 0. The van der Waals surface area contributed by atoms with E-state index in [1.54, 1.807) is 0 Å². The molecule has 0 aromatic heterocycles. The molecule has 208 valence electrons. The van der Waals surface area contributed by atoms with E-state index >= 15 is 0 Å². The van der Waals surface area contributed by atoms with Crippen LogP contribution in [0, 0.1) is 0 Å². The van der Waals surface area contributed by atoms with Gasteiger partial charge in [0.1, 0.15) is 0 Å². The van der Waals surface area contributed by atoms with Gasteiger partial charge in [-0.15, -0.1) is 0 Å². The van der Waals surface area contributed by atoms with Gasteiger partial charge in [-0.05, 0) is 0 Å². The monoisotopic (exact) mass is 632 g/mol. The van der Waals surface area contributed by atoms with Crippen LogP contribution in [0.15, 0.2) is 101 Å². The van der Waals surface area contributed by atoms with E-state index < -0.39 is 24.0 Å². The number of hydrogen-bond donors (Lipinski definition) is 0. The van der Waals surface area contributed by atoms with E-state index in [1.807, 2.05) is 0 Å². The molecule has 2 nitrogen and oxygen atoms in total. The number of ether oxygens (including phenoxy) is 2. The molecular weight excluding hydrogens is 583 g/mol. The Bertz CT molecular complexity index is 1010. The van der Waals surface area contributed by atoms with Crippen molar-refractivity contribution in [1.82, 2.24) is 0 Å². The molecule has 3 heteroatoms. The molecule has 39 heavy (non-hydrogen) atoms. The number of benzene rings is 3. The van der Waals surface area contributed by atoms with E-state index in [-0.39, 0.29) is 6.10 Å². The molecule has 0 spiro atoms. The first-order chi connectivity index (χ1) is 19.2. The standard InChI is InChI=1S/C24H21O2.3C4H9.Sn/c1-4-11-20(12-5-1)24(21-13-6-2-7-14-21,22-15-8-3-9-16-22)26-19-23-17-10-18-25-23;3*1-3-4-2;/h1-16,23H,17,19H2;3*1,3-4H2,2H3;/t23-;;;;/m0..../s1. The predicted molar refractivity (Wildman–Crippen MR) is 168 cm³/mol.